The van der Waals surface area contributed by atoms with Gasteiger partial charge in [0.05, 0.1) is 18.4 Å². The number of nitrogens with zero attached hydrogens (tertiary/aromatic N) is 1. The standard InChI is InChI=1S/C18H25N3O4S/c1-18(2,3)25-17(23)21-16-20-13(11-26-16)15(14(22)9-19)24-10-12-7-5-4-6-8-12/h4-8,11,14-15,22H,9-10,19H2,1-3H3,(H,20,21,23)/t14-,15-/m0/s1. The van der Waals surface area contributed by atoms with Gasteiger partial charge in [0.2, 0.25) is 0 Å². The van der Waals surface area contributed by atoms with Gasteiger partial charge >= 0.3 is 6.09 Å². The fourth-order valence-electron chi connectivity index (χ4n) is 2.14. The maximum Gasteiger partial charge on any atom is 0.413 e. The SMILES string of the molecule is CC(C)(C)OC(=O)Nc1nc([C@H](OCc2ccccc2)[C@@H](O)CN)cs1. The van der Waals surface area contributed by atoms with Crippen molar-refractivity contribution in [3.05, 3.63) is 47.0 Å². The summed E-state index contributed by atoms with van der Waals surface area (Å²) in [4.78, 5) is 16.2. The molecule has 26 heavy (non-hydrogen) atoms. The first-order valence-electron chi connectivity index (χ1n) is 8.27. The first-order valence-corrected chi connectivity index (χ1v) is 9.15. The molecule has 0 radical (unpaired) electrons. The molecule has 2 atom stereocenters. The highest BCUT2D eigenvalue weighted by atomic mass is 32.1. The van der Waals surface area contributed by atoms with Gasteiger partial charge in [0, 0.05) is 11.9 Å². The predicted molar refractivity (Wildman–Crippen MR) is 101 cm³/mol. The van der Waals surface area contributed by atoms with Crippen LogP contribution in [0.1, 0.15) is 38.1 Å². The molecule has 0 aliphatic rings. The number of hydrogen-bond acceptors (Lipinski definition) is 7. The van der Waals surface area contributed by atoms with E-state index in [9.17, 15) is 9.90 Å². The van der Waals surface area contributed by atoms with E-state index in [2.05, 4.69) is 10.3 Å². The summed E-state index contributed by atoms with van der Waals surface area (Å²) in [6, 6.07) is 9.62. The second-order valence-corrected chi connectivity index (χ2v) is 7.58. The third-order valence-electron chi connectivity index (χ3n) is 3.28. The van der Waals surface area contributed by atoms with E-state index in [1.54, 1.807) is 26.2 Å². The third-order valence-corrected chi connectivity index (χ3v) is 4.06. The van der Waals surface area contributed by atoms with Crippen molar-refractivity contribution in [2.45, 2.75) is 45.2 Å². The molecule has 2 aromatic rings. The fraction of sp³-hybridized carbons (Fsp3) is 0.444. The van der Waals surface area contributed by atoms with Gasteiger partial charge in [-0.3, -0.25) is 5.32 Å². The van der Waals surface area contributed by atoms with Crippen LogP contribution in [0.2, 0.25) is 0 Å². The molecule has 8 heteroatoms. The van der Waals surface area contributed by atoms with Crippen LogP contribution < -0.4 is 11.1 Å². The number of hydrogen-bond donors (Lipinski definition) is 3. The lowest BCUT2D eigenvalue weighted by atomic mass is 10.1. The number of aliphatic hydroxyl groups excluding tert-OH is 1. The Labute approximate surface area is 157 Å². The molecule has 0 saturated carbocycles. The smallest absolute Gasteiger partial charge is 0.413 e. The Morgan fingerprint density at radius 1 is 1.35 bits per heavy atom. The number of thiazole rings is 1. The van der Waals surface area contributed by atoms with Crippen molar-refractivity contribution in [1.82, 2.24) is 4.98 Å². The molecule has 0 aliphatic heterocycles. The summed E-state index contributed by atoms with van der Waals surface area (Å²) in [5, 5.41) is 14.9. The summed E-state index contributed by atoms with van der Waals surface area (Å²) in [6.45, 7) is 5.70. The van der Waals surface area contributed by atoms with E-state index in [4.69, 9.17) is 15.2 Å². The van der Waals surface area contributed by atoms with Gasteiger partial charge in [-0.1, -0.05) is 30.3 Å². The van der Waals surface area contributed by atoms with Crippen molar-refractivity contribution in [3.8, 4) is 0 Å². The molecule has 0 aliphatic carbocycles. The van der Waals surface area contributed by atoms with Crippen molar-refractivity contribution in [2.75, 3.05) is 11.9 Å². The second kappa shape index (κ2) is 9.09. The molecule has 1 aromatic carbocycles. The van der Waals surface area contributed by atoms with Crippen LogP contribution in [0.3, 0.4) is 0 Å². The fourth-order valence-corrected chi connectivity index (χ4v) is 2.86. The quantitative estimate of drug-likeness (QED) is 0.682. The van der Waals surface area contributed by atoms with E-state index in [0.717, 1.165) is 5.56 Å². The molecule has 7 nitrogen and oxygen atoms in total. The Kier molecular flexibility index (Phi) is 7.10. The van der Waals surface area contributed by atoms with Gasteiger partial charge in [-0.25, -0.2) is 9.78 Å². The van der Waals surface area contributed by atoms with Crippen LogP contribution in [0.4, 0.5) is 9.93 Å². The molecule has 0 unspecified atom stereocenters. The summed E-state index contributed by atoms with van der Waals surface area (Å²) in [7, 11) is 0. The minimum absolute atomic E-state index is 0.0335. The molecule has 4 N–H and O–H groups in total. The maximum atomic E-state index is 11.8. The number of amides is 1. The van der Waals surface area contributed by atoms with Gasteiger partial charge in [-0.05, 0) is 26.3 Å². The minimum Gasteiger partial charge on any atom is -0.444 e. The lowest BCUT2D eigenvalue weighted by molar-refractivity contribution is -0.0458. The average molecular weight is 379 g/mol. The first kappa shape index (κ1) is 20.3. The largest absolute Gasteiger partial charge is 0.444 e. The Bertz CT molecular complexity index is 700. The minimum atomic E-state index is -0.907. The van der Waals surface area contributed by atoms with E-state index in [1.165, 1.54) is 11.3 Å². The molecule has 0 bridgehead atoms. The Hall–Kier alpha value is -2.00. The van der Waals surface area contributed by atoms with Gasteiger partial charge in [-0.2, -0.15) is 0 Å². The van der Waals surface area contributed by atoms with Crippen LogP contribution in [0.15, 0.2) is 35.7 Å². The predicted octanol–water partition coefficient (Wildman–Crippen LogP) is 3.07. The molecule has 1 heterocycles. The number of carbonyl (C=O) groups is 1. The molecule has 0 fully saturated rings. The van der Waals surface area contributed by atoms with Crippen molar-refractivity contribution < 1.29 is 19.4 Å². The number of nitrogens with two attached hydrogens (primary N) is 1. The van der Waals surface area contributed by atoms with Gasteiger partial charge in [0.15, 0.2) is 5.13 Å². The number of ether oxygens (including phenoxy) is 2. The Balaban J connectivity index is 2.04. The van der Waals surface area contributed by atoms with Gasteiger partial charge in [0.25, 0.3) is 0 Å². The third kappa shape index (κ3) is 6.38. The molecule has 1 amide bonds. The number of carbonyl (C=O) groups excluding carboxylic acids is 1. The monoisotopic (exact) mass is 379 g/mol. The molecule has 1 aromatic heterocycles. The molecule has 0 saturated heterocycles. The number of aromatic nitrogens is 1. The molecule has 142 valence electrons. The summed E-state index contributed by atoms with van der Waals surface area (Å²) in [5.74, 6) is 0. The van der Waals surface area contributed by atoms with Crippen molar-refractivity contribution in [3.63, 3.8) is 0 Å². The van der Waals surface area contributed by atoms with Crippen LogP contribution in [-0.2, 0) is 16.1 Å². The maximum absolute atomic E-state index is 11.8. The highest BCUT2D eigenvalue weighted by Gasteiger charge is 2.25. The van der Waals surface area contributed by atoms with E-state index < -0.39 is 23.9 Å². The average Bonchev–Trinajstić information content (AvgIpc) is 3.02. The van der Waals surface area contributed by atoms with E-state index >= 15 is 0 Å². The summed E-state index contributed by atoms with van der Waals surface area (Å²) >= 11 is 1.23. The molecular formula is C18H25N3O4S. The number of benzene rings is 1. The zero-order chi connectivity index (χ0) is 19.2. The highest BCUT2D eigenvalue weighted by Crippen LogP contribution is 2.27. The zero-order valence-electron chi connectivity index (χ0n) is 15.1. The summed E-state index contributed by atoms with van der Waals surface area (Å²) in [5.41, 5.74) is 6.48. The van der Waals surface area contributed by atoms with Crippen LogP contribution in [0.25, 0.3) is 0 Å². The van der Waals surface area contributed by atoms with Gasteiger partial charge in [-0.15, -0.1) is 11.3 Å². The second-order valence-electron chi connectivity index (χ2n) is 6.72. The van der Waals surface area contributed by atoms with Gasteiger partial charge < -0.3 is 20.3 Å². The zero-order valence-corrected chi connectivity index (χ0v) is 16.0. The number of nitrogens with one attached hydrogen (secondary N) is 1. The summed E-state index contributed by atoms with van der Waals surface area (Å²) < 4.78 is 11.0. The lowest BCUT2D eigenvalue weighted by Gasteiger charge is -2.21. The van der Waals surface area contributed by atoms with E-state index in [-0.39, 0.29) is 6.54 Å². The van der Waals surface area contributed by atoms with Crippen LogP contribution in [-0.4, -0.2) is 34.4 Å². The van der Waals surface area contributed by atoms with Crippen LogP contribution in [0.5, 0.6) is 0 Å². The topological polar surface area (TPSA) is 107 Å². The molecule has 2 rings (SSSR count). The van der Waals surface area contributed by atoms with Crippen LogP contribution in [0, 0.1) is 0 Å². The number of anilines is 1. The van der Waals surface area contributed by atoms with Crippen LogP contribution >= 0.6 is 11.3 Å². The number of rotatable bonds is 7. The van der Waals surface area contributed by atoms with E-state index in [0.29, 0.717) is 17.4 Å². The number of aliphatic hydroxyl groups is 1. The lowest BCUT2D eigenvalue weighted by Crippen LogP contribution is -2.29. The first-order chi connectivity index (χ1) is 12.3. The normalized spacial score (nSPS) is 13.9. The van der Waals surface area contributed by atoms with E-state index in [1.807, 2.05) is 30.3 Å². The molecular weight excluding hydrogens is 354 g/mol. The van der Waals surface area contributed by atoms with Crippen molar-refractivity contribution in [1.29, 1.82) is 0 Å². The Morgan fingerprint density at radius 2 is 2.04 bits per heavy atom. The van der Waals surface area contributed by atoms with Crippen molar-refractivity contribution in [2.24, 2.45) is 5.73 Å². The molecule has 0 spiro atoms. The highest BCUT2D eigenvalue weighted by molar-refractivity contribution is 7.13. The van der Waals surface area contributed by atoms with Gasteiger partial charge in [0.1, 0.15) is 11.7 Å². The summed E-state index contributed by atoms with van der Waals surface area (Å²) in [6.07, 6.45) is -2.18. The Morgan fingerprint density at radius 3 is 2.65 bits per heavy atom. The van der Waals surface area contributed by atoms with Crippen molar-refractivity contribution >= 4 is 22.6 Å².